The number of hydrogen-bond donors (Lipinski definition) is 1. The van der Waals surface area contributed by atoms with Gasteiger partial charge in [-0.2, -0.15) is 0 Å². The Morgan fingerprint density at radius 1 is 1.25 bits per heavy atom. The summed E-state index contributed by atoms with van der Waals surface area (Å²) in [5.74, 6) is 0.907. The molecule has 0 aromatic carbocycles. The molecule has 0 atom stereocenters. The molecule has 1 fully saturated rings. The summed E-state index contributed by atoms with van der Waals surface area (Å²) in [6.45, 7) is 8.71. The Balaban J connectivity index is 1.95. The van der Waals surface area contributed by atoms with Gasteiger partial charge in [0.1, 0.15) is 0 Å². The van der Waals surface area contributed by atoms with Gasteiger partial charge in [0.15, 0.2) is 0 Å². The van der Waals surface area contributed by atoms with E-state index >= 15 is 0 Å². The Morgan fingerprint density at radius 3 is 2.65 bits per heavy atom. The summed E-state index contributed by atoms with van der Waals surface area (Å²) in [6, 6.07) is 0. The third kappa shape index (κ3) is 3.90. The van der Waals surface area contributed by atoms with E-state index in [0.29, 0.717) is 0 Å². The highest BCUT2D eigenvalue weighted by atomic mass is 16.2. The van der Waals surface area contributed by atoms with Crippen LogP contribution in [0.1, 0.15) is 25.8 Å². The number of rotatable bonds is 4. The quantitative estimate of drug-likeness (QED) is 0.875. The van der Waals surface area contributed by atoms with Gasteiger partial charge in [-0.15, -0.1) is 0 Å². The van der Waals surface area contributed by atoms with Crippen LogP contribution >= 0.6 is 0 Å². The average Bonchev–Trinajstić information content (AvgIpc) is 2.71. The zero-order valence-electron chi connectivity index (χ0n) is 12.3. The highest BCUT2D eigenvalue weighted by molar-refractivity contribution is 5.73. The monoisotopic (exact) mass is 277 g/mol. The molecule has 1 amide bonds. The summed E-state index contributed by atoms with van der Waals surface area (Å²) >= 11 is 0. The van der Waals surface area contributed by atoms with Gasteiger partial charge in [-0.3, -0.25) is 4.79 Å². The minimum atomic E-state index is 0.147. The minimum absolute atomic E-state index is 0.147. The summed E-state index contributed by atoms with van der Waals surface area (Å²) in [7, 11) is 0. The van der Waals surface area contributed by atoms with Gasteiger partial charge in [0.2, 0.25) is 11.9 Å². The zero-order chi connectivity index (χ0) is 14.4. The van der Waals surface area contributed by atoms with Crippen LogP contribution in [0.2, 0.25) is 0 Å². The van der Waals surface area contributed by atoms with E-state index in [4.69, 9.17) is 0 Å². The number of hydrogen-bond acceptors (Lipinski definition) is 5. The number of aromatic nitrogens is 2. The Labute approximate surface area is 120 Å². The van der Waals surface area contributed by atoms with E-state index in [9.17, 15) is 4.79 Å². The molecule has 1 aromatic heterocycles. The molecule has 1 saturated heterocycles. The number of nitrogens with zero attached hydrogens (tertiary/aromatic N) is 4. The lowest BCUT2D eigenvalue weighted by molar-refractivity contribution is -0.128. The molecule has 2 rings (SSSR count). The maximum Gasteiger partial charge on any atom is 0.225 e. The van der Waals surface area contributed by atoms with E-state index in [1.807, 2.05) is 17.3 Å². The van der Waals surface area contributed by atoms with Gasteiger partial charge in [0.05, 0.1) is 0 Å². The first-order chi connectivity index (χ1) is 9.70. The molecule has 110 valence electrons. The van der Waals surface area contributed by atoms with Gasteiger partial charge < -0.3 is 15.1 Å². The first kappa shape index (κ1) is 14.7. The van der Waals surface area contributed by atoms with Gasteiger partial charge in [-0.25, -0.2) is 9.97 Å². The second-order valence-corrected chi connectivity index (χ2v) is 5.02. The zero-order valence-corrected chi connectivity index (χ0v) is 12.3. The van der Waals surface area contributed by atoms with Crippen molar-refractivity contribution in [2.45, 2.75) is 26.8 Å². The largest absolute Gasteiger partial charge is 0.341 e. The highest BCUT2D eigenvalue weighted by Gasteiger charge is 2.18. The van der Waals surface area contributed by atoms with Crippen molar-refractivity contribution < 1.29 is 4.79 Å². The smallest absolute Gasteiger partial charge is 0.225 e. The lowest BCUT2D eigenvalue weighted by Crippen LogP contribution is -2.34. The minimum Gasteiger partial charge on any atom is -0.341 e. The highest BCUT2D eigenvalue weighted by Crippen LogP contribution is 2.11. The second kappa shape index (κ2) is 7.19. The Kier molecular flexibility index (Phi) is 5.29. The number of carbonyl (C=O) groups is 1. The van der Waals surface area contributed by atoms with Crippen LogP contribution in [0, 0.1) is 0 Å². The molecule has 1 N–H and O–H groups in total. The molecule has 20 heavy (non-hydrogen) atoms. The second-order valence-electron chi connectivity index (χ2n) is 5.02. The number of carbonyl (C=O) groups excluding carboxylic acids is 1. The summed E-state index contributed by atoms with van der Waals surface area (Å²) in [6.07, 6.45) is 4.71. The Hall–Kier alpha value is -1.69. The molecule has 6 nitrogen and oxygen atoms in total. The summed E-state index contributed by atoms with van der Waals surface area (Å²) in [5.41, 5.74) is 1.09. The van der Waals surface area contributed by atoms with Crippen molar-refractivity contribution in [3.8, 4) is 0 Å². The van der Waals surface area contributed by atoms with Crippen molar-refractivity contribution in [1.29, 1.82) is 0 Å². The number of nitrogens with one attached hydrogen (secondary N) is 1. The van der Waals surface area contributed by atoms with E-state index in [2.05, 4.69) is 27.1 Å². The van der Waals surface area contributed by atoms with Crippen molar-refractivity contribution in [1.82, 2.24) is 20.2 Å². The first-order valence-electron chi connectivity index (χ1n) is 7.22. The molecule has 0 saturated carbocycles. The van der Waals surface area contributed by atoms with E-state index in [1.54, 1.807) is 6.92 Å². The summed E-state index contributed by atoms with van der Waals surface area (Å²) in [4.78, 5) is 24.3. The molecule has 0 spiro atoms. The fourth-order valence-corrected chi connectivity index (χ4v) is 2.30. The molecule has 1 aliphatic heterocycles. The van der Waals surface area contributed by atoms with Crippen molar-refractivity contribution >= 4 is 11.9 Å². The van der Waals surface area contributed by atoms with Crippen molar-refractivity contribution in [3.05, 3.63) is 18.0 Å². The standard InChI is InChI=1S/C14H23N5O/c1-3-15-9-13-10-16-14(17-11-13)19-6-4-5-18(7-8-19)12(2)20/h10-11,15H,3-9H2,1-2H3. The molecule has 6 heteroatoms. The van der Waals surface area contributed by atoms with Crippen LogP contribution in [0.5, 0.6) is 0 Å². The Bertz CT molecular complexity index is 434. The first-order valence-corrected chi connectivity index (χ1v) is 7.22. The normalized spacial score (nSPS) is 16.1. The molecule has 1 aliphatic rings. The van der Waals surface area contributed by atoms with Gasteiger partial charge in [-0.05, 0) is 13.0 Å². The maximum atomic E-state index is 11.4. The molecule has 0 unspecified atom stereocenters. The summed E-state index contributed by atoms with van der Waals surface area (Å²) < 4.78 is 0. The van der Waals surface area contributed by atoms with E-state index < -0.39 is 0 Å². The fraction of sp³-hybridized carbons (Fsp3) is 0.643. The molecule has 1 aromatic rings. The van der Waals surface area contributed by atoms with Crippen LogP contribution in [0.4, 0.5) is 5.95 Å². The van der Waals surface area contributed by atoms with Crippen LogP contribution < -0.4 is 10.2 Å². The van der Waals surface area contributed by atoms with Crippen LogP contribution in [-0.4, -0.2) is 53.5 Å². The van der Waals surface area contributed by atoms with Crippen molar-refractivity contribution in [3.63, 3.8) is 0 Å². The average molecular weight is 277 g/mol. The van der Waals surface area contributed by atoms with Gasteiger partial charge in [-0.1, -0.05) is 6.92 Å². The fourth-order valence-electron chi connectivity index (χ4n) is 2.30. The topological polar surface area (TPSA) is 61.4 Å². The Morgan fingerprint density at radius 2 is 2.00 bits per heavy atom. The van der Waals surface area contributed by atoms with Crippen molar-refractivity contribution in [2.75, 3.05) is 37.6 Å². The van der Waals surface area contributed by atoms with Gasteiger partial charge in [0, 0.05) is 57.6 Å². The third-order valence-corrected chi connectivity index (χ3v) is 3.49. The molecular weight excluding hydrogens is 254 g/mol. The van der Waals surface area contributed by atoms with E-state index in [0.717, 1.165) is 57.2 Å². The molecule has 0 aliphatic carbocycles. The third-order valence-electron chi connectivity index (χ3n) is 3.49. The van der Waals surface area contributed by atoms with Crippen LogP contribution in [-0.2, 0) is 11.3 Å². The van der Waals surface area contributed by atoms with E-state index in [-0.39, 0.29) is 5.91 Å². The maximum absolute atomic E-state index is 11.4. The number of amides is 1. The van der Waals surface area contributed by atoms with Crippen LogP contribution in [0.15, 0.2) is 12.4 Å². The van der Waals surface area contributed by atoms with Gasteiger partial charge >= 0.3 is 0 Å². The SMILES string of the molecule is CCNCc1cnc(N2CCCN(C(C)=O)CC2)nc1. The lowest BCUT2D eigenvalue weighted by Gasteiger charge is -2.21. The predicted molar refractivity (Wildman–Crippen MR) is 78.5 cm³/mol. The molecule has 2 heterocycles. The van der Waals surface area contributed by atoms with Crippen LogP contribution in [0.25, 0.3) is 0 Å². The van der Waals surface area contributed by atoms with Crippen molar-refractivity contribution in [2.24, 2.45) is 0 Å². The molecular formula is C14H23N5O. The van der Waals surface area contributed by atoms with Crippen LogP contribution in [0.3, 0.4) is 0 Å². The summed E-state index contributed by atoms with van der Waals surface area (Å²) in [5, 5.41) is 3.25. The molecule has 0 bridgehead atoms. The molecule has 0 radical (unpaired) electrons. The lowest BCUT2D eigenvalue weighted by atomic mass is 10.3. The predicted octanol–water partition coefficient (Wildman–Crippen LogP) is 0.645. The van der Waals surface area contributed by atoms with E-state index in [1.165, 1.54) is 0 Å². The number of anilines is 1. The van der Waals surface area contributed by atoms with Gasteiger partial charge in [0.25, 0.3) is 0 Å².